The fraction of sp³-hybridized carbons (Fsp3) is 0.304. The van der Waals surface area contributed by atoms with Crippen LogP contribution in [0.3, 0.4) is 0 Å². The number of hydrogen-bond acceptors (Lipinski definition) is 5. The summed E-state index contributed by atoms with van der Waals surface area (Å²) in [7, 11) is 0. The number of carbonyl (C=O) groups excluding carboxylic acids is 2. The number of nitrogens with one attached hydrogen (secondary N) is 1. The van der Waals surface area contributed by atoms with E-state index >= 15 is 0 Å². The summed E-state index contributed by atoms with van der Waals surface area (Å²) in [4.78, 5) is 29.7. The number of carbonyl (C=O) groups is 2. The lowest BCUT2D eigenvalue weighted by Gasteiger charge is -2.31. The standard InChI is InChI=1S/C23H25N3O3/c27-21(18-9-5-2-6-10-18)19-20(17-7-3-1-4-8-17)26(23(29)22(19)28)16-15-25-13-11-24-12-14-25/h1-10,20,24,27H,11-16H2/t20-/m1/s1. The molecule has 1 atom stereocenters. The summed E-state index contributed by atoms with van der Waals surface area (Å²) < 4.78 is 0. The number of aliphatic hydroxyl groups excluding tert-OH is 1. The first-order valence-electron chi connectivity index (χ1n) is 9.98. The van der Waals surface area contributed by atoms with Crippen molar-refractivity contribution >= 4 is 17.4 Å². The molecule has 0 bridgehead atoms. The number of amides is 1. The molecular formula is C23H25N3O3. The first-order chi connectivity index (χ1) is 14.2. The summed E-state index contributed by atoms with van der Waals surface area (Å²) in [6, 6.07) is 17.8. The van der Waals surface area contributed by atoms with E-state index in [0.717, 1.165) is 31.7 Å². The molecule has 2 N–H and O–H groups in total. The van der Waals surface area contributed by atoms with Gasteiger partial charge >= 0.3 is 0 Å². The van der Waals surface area contributed by atoms with E-state index in [-0.39, 0.29) is 11.3 Å². The SMILES string of the molecule is O=C1C(=O)N(CCN2CCNCC2)[C@H](c2ccccc2)C1=C(O)c1ccccc1. The zero-order valence-corrected chi connectivity index (χ0v) is 16.3. The van der Waals surface area contributed by atoms with Gasteiger partial charge in [-0.15, -0.1) is 0 Å². The first-order valence-corrected chi connectivity index (χ1v) is 9.98. The third kappa shape index (κ3) is 3.95. The Morgan fingerprint density at radius 3 is 2.21 bits per heavy atom. The van der Waals surface area contributed by atoms with Gasteiger partial charge in [0.2, 0.25) is 0 Å². The molecule has 0 spiro atoms. The van der Waals surface area contributed by atoms with Crippen LogP contribution >= 0.6 is 0 Å². The minimum absolute atomic E-state index is 0.123. The highest BCUT2D eigenvalue weighted by Gasteiger charge is 2.45. The molecule has 1 amide bonds. The fourth-order valence-electron chi connectivity index (χ4n) is 4.03. The number of benzene rings is 2. The maximum absolute atomic E-state index is 12.9. The largest absolute Gasteiger partial charge is 0.507 e. The normalized spacial score (nSPS) is 22.2. The molecule has 4 rings (SSSR count). The van der Waals surface area contributed by atoms with Gasteiger partial charge in [-0.25, -0.2) is 0 Å². The quantitative estimate of drug-likeness (QED) is 0.463. The second-order valence-electron chi connectivity index (χ2n) is 7.36. The molecule has 2 saturated heterocycles. The number of nitrogens with zero attached hydrogens (tertiary/aromatic N) is 2. The van der Waals surface area contributed by atoms with Crippen molar-refractivity contribution in [2.24, 2.45) is 0 Å². The Balaban J connectivity index is 1.70. The van der Waals surface area contributed by atoms with Crippen LogP contribution in [0.25, 0.3) is 5.76 Å². The minimum Gasteiger partial charge on any atom is -0.507 e. The molecule has 2 aliphatic heterocycles. The van der Waals surface area contributed by atoms with Gasteiger partial charge in [-0.1, -0.05) is 60.7 Å². The molecule has 6 heteroatoms. The average molecular weight is 391 g/mol. The van der Waals surface area contributed by atoms with Crippen LogP contribution in [0, 0.1) is 0 Å². The second-order valence-corrected chi connectivity index (χ2v) is 7.36. The highest BCUT2D eigenvalue weighted by Crippen LogP contribution is 2.39. The van der Waals surface area contributed by atoms with Crippen LogP contribution in [-0.2, 0) is 9.59 Å². The lowest BCUT2D eigenvalue weighted by molar-refractivity contribution is -0.140. The molecule has 150 valence electrons. The number of piperazine rings is 1. The van der Waals surface area contributed by atoms with Crippen LogP contribution in [0.1, 0.15) is 17.2 Å². The third-order valence-electron chi connectivity index (χ3n) is 5.57. The fourth-order valence-corrected chi connectivity index (χ4v) is 4.03. The van der Waals surface area contributed by atoms with Crippen LogP contribution in [0.5, 0.6) is 0 Å². The summed E-state index contributed by atoms with van der Waals surface area (Å²) in [5, 5.41) is 14.3. The molecule has 6 nitrogen and oxygen atoms in total. The van der Waals surface area contributed by atoms with Crippen LogP contribution < -0.4 is 5.32 Å². The van der Waals surface area contributed by atoms with Crippen molar-refractivity contribution in [2.75, 3.05) is 39.3 Å². The van der Waals surface area contributed by atoms with Crippen molar-refractivity contribution in [3.05, 3.63) is 77.4 Å². The molecule has 0 radical (unpaired) electrons. The average Bonchev–Trinajstić information content (AvgIpc) is 3.04. The molecule has 2 aromatic rings. The maximum atomic E-state index is 12.9. The van der Waals surface area contributed by atoms with E-state index < -0.39 is 17.7 Å². The Hall–Kier alpha value is -2.96. The molecule has 2 aromatic carbocycles. The minimum atomic E-state index is -0.625. The highest BCUT2D eigenvalue weighted by atomic mass is 16.3. The van der Waals surface area contributed by atoms with Gasteiger partial charge in [0.15, 0.2) is 0 Å². The Morgan fingerprint density at radius 1 is 0.931 bits per heavy atom. The van der Waals surface area contributed by atoms with Gasteiger partial charge < -0.3 is 15.3 Å². The second kappa shape index (κ2) is 8.59. The summed E-state index contributed by atoms with van der Waals surface area (Å²) >= 11 is 0. The van der Waals surface area contributed by atoms with Crippen LogP contribution in [-0.4, -0.2) is 65.9 Å². The molecule has 0 aliphatic carbocycles. The number of rotatable bonds is 5. The van der Waals surface area contributed by atoms with Crippen molar-refractivity contribution in [3.63, 3.8) is 0 Å². The molecule has 2 fully saturated rings. The predicted octanol–water partition coefficient (Wildman–Crippen LogP) is 2.01. The van der Waals surface area contributed by atoms with Gasteiger partial charge in [-0.05, 0) is 5.56 Å². The van der Waals surface area contributed by atoms with E-state index in [0.29, 0.717) is 18.7 Å². The Kier molecular flexibility index (Phi) is 5.74. The third-order valence-corrected chi connectivity index (χ3v) is 5.57. The molecule has 2 heterocycles. The Bertz CT molecular complexity index is 905. The predicted molar refractivity (Wildman–Crippen MR) is 111 cm³/mol. The summed E-state index contributed by atoms with van der Waals surface area (Å²) in [6.45, 7) is 4.83. The number of Topliss-reactive ketones (excluding diaryl/α,β-unsaturated/α-hetero) is 1. The van der Waals surface area contributed by atoms with Gasteiger partial charge in [0, 0.05) is 44.8 Å². The summed E-state index contributed by atoms with van der Waals surface area (Å²) in [5.74, 6) is -1.30. The van der Waals surface area contributed by atoms with Crippen molar-refractivity contribution < 1.29 is 14.7 Å². The van der Waals surface area contributed by atoms with Crippen LogP contribution in [0.15, 0.2) is 66.2 Å². The number of aliphatic hydroxyl groups is 1. The number of likely N-dealkylation sites (tertiary alicyclic amines) is 1. The van der Waals surface area contributed by atoms with Gasteiger partial charge in [0.1, 0.15) is 5.76 Å². The van der Waals surface area contributed by atoms with Crippen molar-refractivity contribution in [2.45, 2.75) is 6.04 Å². The van der Waals surface area contributed by atoms with E-state index in [1.54, 1.807) is 29.2 Å². The Labute approximate surface area is 170 Å². The first kappa shape index (κ1) is 19.4. The van der Waals surface area contributed by atoms with E-state index in [2.05, 4.69) is 10.2 Å². The van der Waals surface area contributed by atoms with Crippen molar-refractivity contribution in [1.29, 1.82) is 0 Å². The van der Waals surface area contributed by atoms with Crippen molar-refractivity contribution in [3.8, 4) is 0 Å². The number of ketones is 1. The van der Waals surface area contributed by atoms with E-state index in [9.17, 15) is 14.7 Å². The molecule has 2 aliphatic rings. The van der Waals surface area contributed by atoms with Gasteiger partial charge in [-0.3, -0.25) is 14.5 Å². The molecular weight excluding hydrogens is 366 g/mol. The van der Waals surface area contributed by atoms with E-state index in [1.165, 1.54) is 0 Å². The zero-order chi connectivity index (χ0) is 20.2. The Morgan fingerprint density at radius 2 is 1.55 bits per heavy atom. The lowest BCUT2D eigenvalue weighted by Crippen LogP contribution is -2.46. The van der Waals surface area contributed by atoms with Gasteiger partial charge in [0.05, 0.1) is 11.6 Å². The molecule has 29 heavy (non-hydrogen) atoms. The molecule has 0 aromatic heterocycles. The molecule has 0 saturated carbocycles. The van der Waals surface area contributed by atoms with Crippen LogP contribution in [0.4, 0.5) is 0 Å². The summed E-state index contributed by atoms with van der Waals surface area (Å²) in [5.41, 5.74) is 1.52. The van der Waals surface area contributed by atoms with Gasteiger partial charge in [-0.2, -0.15) is 0 Å². The smallest absolute Gasteiger partial charge is 0.295 e. The zero-order valence-electron chi connectivity index (χ0n) is 16.3. The summed E-state index contributed by atoms with van der Waals surface area (Å²) in [6.07, 6.45) is 0. The maximum Gasteiger partial charge on any atom is 0.295 e. The number of hydrogen-bond donors (Lipinski definition) is 2. The highest BCUT2D eigenvalue weighted by molar-refractivity contribution is 6.46. The van der Waals surface area contributed by atoms with E-state index in [1.807, 2.05) is 36.4 Å². The van der Waals surface area contributed by atoms with Crippen molar-refractivity contribution in [1.82, 2.24) is 15.1 Å². The van der Waals surface area contributed by atoms with E-state index in [4.69, 9.17) is 0 Å². The lowest BCUT2D eigenvalue weighted by atomic mass is 9.95. The molecule has 0 unspecified atom stereocenters. The monoisotopic (exact) mass is 391 g/mol. The topological polar surface area (TPSA) is 72.9 Å². The van der Waals surface area contributed by atoms with Crippen LogP contribution in [0.2, 0.25) is 0 Å². The van der Waals surface area contributed by atoms with Gasteiger partial charge in [0.25, 0.3) is 11.7 Å².